The molecule has 0 unspecified atom stereocenters. The van der Waals surface area contributed by atoms with Gasteiger partial charge in [-0.2, -0.15) is 31.8 Å². The van der Waals surface area contributed by atoms with E-state index in [2.05, 4.69) is 26.2 Å². The lowest BCUT2D eigenvalue weighted by atomic mass is 10.3. The third-order valence-electron chi connectivity index (χ3n) is 3.61. The van der Waals surface area contributed by atoms with Crippen molar-refractivity contribution >= 4 is 42.7 Å². The zero-order valence-electron chi connectivity index (χ0n) is 16.5. The molecule has 14 heteroatoms. The summed E-state index contributed by atoms with van der Waals surface area (Å²) in [6.07, 6.45) is 2.42. The van der Waals surface area contributed by atoms with Gasteiger partial charge in [0, 0.05) is 19.2 Å². The Kier molecular flexibility index (Phi) is 9.59. The first-order valence-electron chi connectivity index (χ1n) is 8.65. The van der Waals surface area contributed by atoms with Crippen LogP contribution in [0.3, 0.4) is 0 Å². The molecular weight excluding hydrogens is 468 g/mol. The molecule has 0 atom stereocenters. The second kappa shape index (κ2) is 11.9. The molecule has 3 aromatic rings. The van der Waals surface area contributed by atoms with E-state index in [0.29, 0.717) is 28.5 Å². The smallest absolute Gasteiger partial charge is 0.314 e. The van der Waals surface area contributed by atoms with Crippen molar-refractivity contribution in [2.24, 2.45) is 0 Å². The molecule has 0 spiro atoms. The number of aromatic nitrogens is 4. The molecule has 0 aliphatic rings. The van der Waals surface area contributed by atoms with Gasteiger partial charge >= 0.3 is 6.43 Å². The van der Waals surface area contributed by atoms with Gasteiger partial charge in [0.05, 0.1) is 30.7 Å². The highest BCUT2D eigenvalue weighted by atomic mass is 32.2. The Labute approximate surface area is 192 Å². The molecule has 0 bridgehead atoms. The first-order valence-corrected chi connectivity index (χ1v) is 10.2. The van der Waals surface area contributed by atoms with Gasteiger partial charge in [0.25, 0.3) is 11.8 Å². The average molecular weight is 488 g/mol. The largest absolute Gasteiger partial charge is 0.414 e. The molecule has 0 fully saturated rings. The van der Waals surface area contributed by atoms with Gasteiger partial charge in [-0.15, -0.1) is 21.5 Å². The minimum atomic E-state index is -2.83. The molecule has 3 aromatic heterocycles. The number of rotatable bonds is 10. The molecule has 31 heavy (non-hydrogen) atoms. The Morgan fingerprint density at radius 3 is 2.81 bits per heavy atom. The van der Waals surface area contributed by atoms with Crippen molar-refractivity contribution in [3.63, 3.8) is 0 Å². The van der Waals surface area contributed by atoms with E-state index in [1.165, 1.54) is 17.5 Å². The molecule has 0 saturated heterocycles. The summed E-state index contributed by atoms with van der Waals surface area (Å²) < 4.78 is 37.9. The molecule has 9 nitrogen and oxygen atoms in total. The number of aryl methyl sites for hydroxylation is 1. The number of hydrogen-bond acceptors (Lipinski definition) is 11. The summed E-state index contributed by atoms with van der Waals surface area (Å²) in [6.45, 7) is 2.72. The van der Waals surface area contributed by atoms with E-state index in [1.807, 2.05) is 20.0 Å². The summed E-state index contributed by atoms with van der Waals surface area (Å²) in [4.78, 5) is 8.97. The summed E-state index contributed by atoms with van der Waals surface area (Å²) in [5, 5.41) is 17.9. The van der Waals surface area contributed by atoms with E-state index in [0.717, 1.165) is 17.8 Å². The maximum Gasteiger partial charge on any atom is 0.314 e. The average Bonchev–Trinajstić information content (AvgIpc) is 3.39. The molecule has 3 rings (SSSR count). The number of anilines is 1. The number of alkyl halides is 2. The van der Waals surface area contributed by atoms with E-state index < -0.39 is 12.3 Å². The fraction of sp³-hybridized carbons (Fsp3) is 0.353. The van der Waals surface area contributed by atoms with Crippen LogP contribution < -0.4 is 5.06 Å². The van der Waals surface area contributed by atoms with Gasteiger partial charge in [0.15, 0.2) is 0 Å². The summed E-state index contributed by atoms with van der Waals surface area (Å²) >= 11 is 2.31. The van der Waals surface area contributed by atoms with Crippen LogP contribution in [0.2, 0.25) is 0 Å². The van der Waals surface area contributed by atoms with Crippen LogP contribution >= 0.6 is 37.1 Å². The molecule has 0 aliphatic carbocycles. The zero-order valence-corrected chi connectivity index (χ0v) is 19.2. The fourth-order valence-electron chi connectivity index (χ4n) is 2.21. The summed E-state index contributed by atoms with van der Waals surface area (Å²) in [7, 11) is 1.81. The lowest BCUT2D eigenvalue weighted by Crippen LogP contribution is -2.23. The molecule has 0 aromatic carbocycles. The third-order valence-corrected chi connectivity index (χ3v) is 5.26. The highest BCUT2D eigenvalue weighted by molar-refractivity contribution is 7.92. The number of pyridine rings is 1. The quantitative estimate of drug-likeness (QED) is 0.234. The lowest BCUT2D eigenvalue weighted by Gasteiger charge is -2.23. The van der Waals surface area contributed by atoms with Crippen LogP contribution in [0.1, 0.15) is 29.3 Å². The highest BCUT2D eigenvalue weighted by Crippen LogP contribution is 2.30. The Morgan fingerprint density at radius 2 is 2.13 bits per heavy atom. The number of nitriles is 1. The van der Waals surface area contributed by atoms with Gasteiger partial charge in [-0.3, -0.25) is 4.98 Å². The van der Waals surface area contributed by atoms with E-state index in [1.54, 1.807) is 21.8 Å². The van der Waals surface area contributed by atoms with Crippen molar-refractivity contribution in [2.75, 3.05) is 18.7 Å². The van der Waals surface area contributed by atoms with Crippen LogP contribution in [0, 0.1) is 18.3 Å². The molecule has 3 heterocycles. The maximum atomic E-state index is 12.7. The van der Waals surface area contributed by atoms with E-state index in [9.17, 15) is 8.78 Å². The van der Waals surface area contributed by atoms with Crippen molar-refractivity contribution in [3.8, 4) is 16.8 Å². The SMILES string of the molecule is Cc1cncc(N(Cc2ncc(-c3nnc(C(F)F)o3)s2)OSN(C)CCC#N)c1.S. The Hall–Kier alpha value is -2.31. The van der Waals surface area contributed by atoms with Crippen LogP contribution in [0.5, 0.6) is 0 Å². The molecule has 0 amide bonds. The molecule has 0 N–H and O–H groups in total. The predicted molar refractivity (Wildman–Crippen MR) is 117 cm³/mol. The first-order chi connectivity index (χ1) is 14.5. The van der Waals surface area contributed by atoms with Gasteiger partial charge in [-0.25, -0.2) is 14.4 Å². The number of hydroxylamine groups is 1. The molecule has 166 valence electrons. The zero-order chi connectivity index (χ0) is 21.5. The van der Waals surface area contributed by atoms with Gasteiger partial charge in [0.1, 0.15) is 22.1 Å². The molecule has 0 aliphatic heterocycles. The van der Waals surface area contributed by atoms with Gasteiger partial charge in [-0.1, -0.05) is 0 Å². The minimum Gasteiger partial charge on any atom is -0.414 e. The molecule has 0 saturated carbocycles. The second-order valence-corrected chi connectivity index (χ2v) is 8.07. The fourth-order valence-corrected chi connectivity index (χ4v) is 3.52. The minimum absolute atomic E-state index is 0. The predicted octanol–water partition coefficient (Wildman–Crippen LogP) is 4.29. The number of thiazole rings is 1. The maximum absolute atomic E-state index is 12.7. The van der Waals surface area contributed by atoms with Crippen molar-refractivity contribution in [3.05, 3.63) is 41.1 Å². The topological polar surface area (TPSA) is 104 Å². The van der Waals surface area contributed by atoms with Crippen molar-refractivity contribution in [1.29, 1.82) is 5.26 Å². The van der Waals surface area contributed by atoms with Crippen molar-refractivity contribution < 1.29 is 17.5 Å². The number of halogens is 2. The van der Waals surface area contributed by atoms with E-state index >= 15 is 0 Å². The van der Waals surface area contributed by atoms with Crippen LogP contribution in [-0.2, 0) is 10.8 Å². The standard InChI is InChI=1S/C17H17F2N7O2S2.H2S/c1-11-6-12(8-21-7-11)26(28-30-25(2)5-3-4-20)10-14-22-9-13(29-14)16-23-24-17(27-16)15(18)19;/h6-9,15H,3,5,10H2,1-2H3;1H2. The molecule has 0 radical (unpaired) electrons. The highest BCUT2D eigenvalue weighted by Gasteiger charge is 2.20. The lowest BCUT2D eigenvalue weighted by molar-refractivity contribution is 0.116. The van der Waals surface area contributed by atoms with Crippen molar-refractivity contribution in [2.45, 2.75) is 26.3 Å². The number of nitrogens with zero attached hydrogens (tertiary/aromatic N) is 7. The Bertz CT molecular complexity index is 1010. The van der Waals surface area contributed by atoms with E-state index in [4.69, 9.17) is 14.0 Å². The van der Waals surface area contributed by atoms with Crippen LogP contribution in [0.25, 0.3) is 10.8 Å². The van der Waals surface area contributed by atoms with Gasteiger partial charge < -0.3 is 4.42 Å². The Morgan fingerprint density at radius 1 is 1.32 bits per heavy atom. The van der Waals surface area contributed by atoms with Crippen molar-refractivity contribution in [1.82, 2.24) is 24.5 Å². The second-order valence-electron chi connectivity index (χ2n) is 6.03. The normalized spacial score (nSPS) is 10.9. The first kappa shape index (κ1) is 25.0. The monoisotopic (exact) mass is 487 g/mol. The summed E-state index contributed by atoms with van der Waals surface area (Å²) in [6, 6.07) is 3.99. The summed E-state index contributed by atoms with van der Waals surface area (Å²) in [5.41, 5.74) is 1.67. The van der Waals surface area contributed by atoms with Crippen LogP contribution in [0.4, 0.5) is 14.5 Å². The molecular formula is C17H19F2N7O2S3. The Balaban J connectivity index is 0.00000341. The van der Waals surface area contributed by atoms with Gasteiger partial charge in [0.2, 0.25) is 0 Å². The summed E-state index contributed by atoms with van der Waals surface area (Å²) in [5.74, 6) is -0.739. The van der Waals surface area contributed by atoms with Gasteiger partial charge in [-0.05, 0) is 25.6 Å². The van der Waals surface area contributed by atoms with E-state index in [-0.39, 0.29) is 25.9 Å². The third kappa shape index (κ3) is 7.11. The van der Waals surface area contributed by atoms with Crippen LogP contribution in [-0.4, -0.2) is 38.1 Å². The van der Waals surface area contributed by atoms with Crippen LogP contribution in [0.15, 0.2) is 29.1 Å². The number of hydrogen-bond donors (Lipinski definition) is 0.